The second-order valence-corrected chi connectivity index (χ2v) is 30.8. The van der Waals surface area contributed by atoms with E-state index < -0.39 is 91.9 Å². The number of aliphatic hydroxyl groups is 8. The lowest BCUT2D eigenvalue weighted by atomic mass is 9.89. The van der Waals surface area contributed by atoms with Gasteiger partial charge in [0.25, 0.3) is 0 Å². The lowest BCUT2D eigenvalue weighted by Gasteiger charge is -2.53. The van der Waals surface area contributed by atoms with Crippen LogP contribution in [0.15, 0.2) is 0 Å². The van der Waals surface area contributed by atoms with Gasteiger partial charge in [-0.3, -0.25) is 38.8 Å². The molecule has 23 nitrogen and oxygen atoms in total. The van der Waals surface area contributed by atoms with Gasteiger partial charge in [-0.1, -0.05) is 54.4 Å². The first-order valence-corrected chi connectivity index (χ1v) is 35.3. The summed E-state index contributed by atoms with van der Waals surface area (Å²) in [7, 11) is 0. The minimum absolute atomic E-state index is 0.00623. The molecule has 1 aliphatic carbocycles. The number of nitrogens with zero attached hydrogens (tertiary/aromatic N) is 8. The number of amides is 4. The average molecular weight is 1280 g/mol. The van der Waals surface area contributed by atoms with Crippen molar-refractivity contribution in [2.24, 2.45) is 40.9 Å². The van der Waals surface area contributed by atoms with Crippen molar-refractivity contribution < 1.29 is 74.2 Å². The average Bonchev–Trinajstić information content (AvgIpc) is 0.835. The maximum atomic E-state index is 13.4. The first-order valence-electron chi connectivity index (χ1n) is 35.3. The number of likely N-dealkylation sites (tertiary alicyclic amines) is 8. The maximum absolute atomic E-state index is 13.4. The summed E-state index contributed by atoms with van der Waals surface area (Å²) in [5.41, 5.74) is -0.178. The van der Waals surface area contributed by atoms with Crippen LogP contribution < -0.4 is 0 Å². The molecule has 9 fully saturated rings. The minimum Gasteiger partial charge on any atom is -0.390 e. The molecule has 4 amide bonds. The van der Waals surface area contributed by atoms with E-state index in [9.17, 15) is 60.0 Å². The molecular weight excluding hydrogens is 1160 g/mol. The highest BCUT2D eigenvalue weighted by Gasteiger charge is 2.53. The second kappa shape index (κ2) is 32.3. The predicted octanol–water partition coefficient (Wildman–Crippen LogP) is 1.87. The van der Waals surface area contributed by atoms with Crippen molar-refractivity contribution in [1.29, 1.82) is 0 Å². The number of ether oxygens (including phenoxy) is 3. The number of carbonyl (C=O) groups is 4. The van der Waals surface area contributed by atoms with Gasteiger partial charge >= 0.3 is 0 Å². The van der Waals surface area contributed by atoms with Gasteiger partial charge in [0, 0.05) is 136 Å². The van der Waals surface area contributed by atoms with Gasteiger partial charge in [-0.2, -0.15) is 0 Å². The Balaban J connectivity index is 0.922. The van der Waals surface area contributed by atoms with Gasteiger partial charge < -0.3 is 74.7 Å². The fourth-order valence-corrected chi connectivity index (χ4v) is 16.3. The Morgan fingerprint density at radius 1 is 0.433 bits per heavy atom. The highest BCUT2D eigenvalue weighted by Crippen LogP contribution is 2.37. The van der Waals surface area contributed by atoms with Crippen LogP contribution in [0.3, 0.4) is 0 Å². The number of hydrogen-bond donors (Lipinski definition) is 8. The molecule has 0 spiro atoms. The molecule has 90 heavy (non-hydrogen) atoms. The Bertz CT molecular complexity index is 2270. The smallest absolute Gasteiger partial charge is 0.223 e. The van der Waals surface area contributed by atoms with Gasteiger partial charge in [-0.15, -0.1) is 0 Å². The molecule has 9 rings (SSSR count). The highest BCUT2D eigenvalue weighted by molar-refractivity contribution is 5.78. The molecular formula is C67H118N8O15. The molecule has 0 aromatic heterocycles. The van der Waals surface area contributed by atoms with Crippen LogP contribution in [-0.4, -0.2) is 300 Å². The van der Waals surface area contributed by atoms with E-state index in [0.717, 1.165) is 44.9 Å². The zero-order valence-electron chi connectivity index (χ0n) is 55.7. The van der Waals surface area contributed by atoms with Crippen LogP contribution in [0.4, 0.5) is 0 Å². The van der Waals surface area contributed by atoms with Crippen LogP contribution >= 0.6 is 0 Å². The quantitative estimate of drug-likeness (QED) is 0.0814. The summed E-state index contributed by atoms with van der Waals surface area (Å²) in [6.07, 6.45) is -4.39. The molecule has 8 heterocycles. The van der Waals surface area contributed by atoms with Crippen LogP contribution in [0.5, 0.6) is 0 Å². The van der Waals surface area contributed by atoms with Crippen LogP contribution in [0.1, 0.15) is 164 Å². The molecule has 1 saturated carbocycles. The fourth-order valence-electron chi connectivity index (χ4n) is 16.3. The van der Waals surface area contributed by atoms with Gasteiger partial charge in [-0.05, 0) is 125 Å². The third kappa shape index (κ3) is 18.4. The number of aliphatic hydroxyl groups excluding tert-OH is 8. The second-order valence-electron chi connectivity index (χ2n) is 30.8. The zero-order valence-corrected chi connectivity index (χ0v) is 55.7. The first-order chi connectivity index (χ1) is 42.8. The minimum atomic E-state index is -1.63. The normalized spacial score (nSPS) is 35.5. The van der Waals surface area contributed by atoms with Gasteiger partial charge in [0.2, 0.25) is 23.6 Å². The summed E-state index contributed by atoms with van der Waals surface area (Å²) in [4.78, 5) is 68.4. The standard InChI is InChI=1S/C67H118N8O15/c1-8-11-53(77)68-23-14-46(15-24-68)36-73-39-50(59(83)57(81)43(73)4)89-65-63(87)61(85)52(41-75(65)37-47-18-25-69(26-19-47)54(78)32-42(2)3)90-66-62(86)60(84)51(40-74(66)38-48-20-29-71(30-21-48)56(80)34-67(5,6)7)88-64-58(82)49(76)22-31-72(64)35-45-16-27-70(28-17-45)55(79)33-44-12-9-10-13-44/h42-52,57-66,76,81-87H,8-41H2,1-7H3/t43-,49-,50+,51+,52+,57-,58+,59-,60-,61-,62+,63+,64-,65-,66-/m1/s1. The Hall–Kier alpha value is -2.72. The summed E-state index contributed by atoms with van der Waals surface area (Å²) in [6.45, 7) is 21.5. The Labute approximate surface area is 536 Å². The highest BCUT2D eigenvalue weighted by atomic mass is 16.6. The van der Waals surface area contributed by atoms with Crippen molar-refractivity contribution in [3.63, 3.8) is 0 Å². The van der Waals surface area contributed by atoms with Crippen LogP contribution in [-0.2, 0) is 33.4 Å². The first kappa shape index (κ1) is 71.6. The van der Waals surface area contributed by atoms with E-state index >= 15 is 0 Å². The van der Waals surface area contributed by atoms with Crippen molar-refractivity contribution in [3.05, 3.63) is 0 Å². The van der Waals surface area contributed by atoms with E-state index in [-0.39, 0.29) is 78.3 Å². The molecule has 15 atom stereocenters. The van der Waals surface area contributed by atoms with Crippen molar-refractivity contribution in [2.45, 2.75) is 256 Å². The Morgan fingerprint density at radius 2 is 0.811 bits per heavy atom. The van der Waals surface area contributed by atoms with Crippen LogP contribution in [0.2, 0.25) is 0 Å². The molecule has 23 heteroatoms. The largest absolute Gasteiger partial charge is 0.390 e. The molecule has 0 aromatic rings. The van der Waals surface area contributed by atoms with Crippen molar-refractivity contribution in [1.82, 2.24) is 39.2 Å². The van der Waals surface area contributed by atoms with Crippen molar-refractivity contribution in [3.8, 4) is 0 Å². The molecule has 0 unspecified atom stereocenters. The van der Waals surface area contributed by atoms with E-state index in [4.69, 9.17) is 14.2 Å². The summed E-state index contributed by atoms with van der Waals surface area (Å²) >= 11 is 0. The predicted molar refractivity (Wildman–Crippen MR) is 337 cm³/mol. The SMILES string of the molecule is CCCC(=O)N1CCC(CN2C[C@H](O[C@@H]3[C@@H](O)[C@H](O)[C@@H](O[C@@H]4[C@@H](O)[C@H](O)[C@@H](O[C@@H]5[C@@H](O)[C@H](O)CCN5CC5CCN(C(=O)CC6CCCC6)CC5)CN4CC4CCN(C(=O)CC(C)(C)C)CC4)CN3CC3CCN(C(=O)CC(C)C)CC3)[C@@H](O)[C@H](O)[C@H]2C)CC1. The van der Waals surface area contributed by atoms with Gasteiger partial charge in [0.05, 0.1) is 12.2 Å². The Morgan fingerprint density at radius 3 is 1.24 bits per heavy atom. The molecule has 9 aliphatic rings. The molecule has 8 aliphatic heterocycles. The number of carbonyl (C=O) groups excluding carboxylic acids is 4. The van der Waals surface area contributed by atoms with Crippen LogP contribution in [0.25, 0.3) is 0 Å². The molecule has 0 radical (unpaired) electrons. The number of piperidine rings is 8. The molecule has 8 saturated heterocycles. The Kier molecular flexibility index (Phi) is 25.7. The lowest BCUT2D eigenvalue weighted by molar-refractivity contribution is -0.299. The zero-order chi connectivity index (χ0) is 64.7. The summed E-state index contributed by atoms with van der Waals surface area (Å²) in [5, 5.41) is 96.1. The molecule has 0 aromatic carbocycles. The molecule has 8 N–H and O–H groups in total. The van der Waals surface area contributed by atoms with Gasteiger partial charge in [0.1, 0.15) is 73.6 Å². The van der Waals surface area contributed by atoms with E-state index in [1.807, 2.05) is 82.8 Å². The van der Waals surface area contributed by atoms with Crippen LogP contribution in [0, 0.1) is 40.9 Å². The molecule has 0 bridgehead atoms. The van der Waals surface area contributed by atoms with Gasteiger partial charge in [-0.25, -0.2) is 0 Å². The number of hydrogen-bond acceptors (Lipinski definition) is 19. The van der Waals surface area contributed by atoms with E-state index in [1.165, 1.54) is 12.8 Å². The lowest BCUT2D eigenvalue weighted by Crippen LogP contribution is -2.70. The van der Waals surface area contributed by atoms with E-state index in [0.29, 0.717) is 149 Å². The van der Waals surface area contributed by atoms with E-state index in [1.54, 1.807) is 0 Å². The molecule has 516 valence electrons. The summed E-state index contributed by atoms with van der Waals surface area (Å²) in [6, 6.07) is -0.413. The topological polar surface area (TPSA) is 284 Å². The maximum Gasteiger partial charge on any atom is 0.223 e. The monoisotopic (exact) mass is 1270 g/mol. The van der Waals surface area contributed by atoms with Gasteiger partial charge in [0.15, 0.2) is 0 Å². The third-order valence-electron chi connectivity index (χ3n) is 22.0. The third-order valence-corrected chi connectivity index (χ3v) is 22.0. The van der Waals surface area contributed by atoms with Crippen molar-refractivity contribution in [2.75, 3.05) is 105 Å². The van der Waals surface area contributed by atoms with E-state index in [2.05, 4.69) is 4.90 Å². The van der Waals surface area contributed by atoms with Crippen molar-refractivity contribution >= 4 is 23.6 Å². The summed E-state index contributed by atoms with van der Waals surface area (Å²) < 4.78 is 20.6. The number of rotatable bonds is 21. The fraction of sp³-hybridized carbons (Fsp3) is 0.940. The summed E-state index contributed by atoms with van der Waals surface area (Å²) in [5.74, 6) is 1.77.